The molecule has 3 aromatic rings. The lowest BCUT2D eigenvalue weighted by Gasteiger charge is -2.31. The van der Waals surface area contributed by atoms with Crippen LogP contribution in [0.2, 0.25) is 10.0 Å². The van der Waals surface area contributed by atoms with Gasteiger partial charge in [0.15, 0.2) is 0 Å². The molecule has 1 N–H and O–H groups in total. The molecule has 1 unspecified atom stereocenters. The summed E-state index contributed by atoms with van der Waals surface area (Å²) < 4.78 is 0.652. The van der Waals surface area contributed by atoms with Crippen LogP contribution >= 0.6 is 39.1 Å². The number of anilines is 1. The van der Waals surface area contributed by atoms with Gasteiger partial charge in [-0.1, -0.05) is 59.6 Å². The summed E-state index contributed by atoms with van der Waals surface area (Å²) >= 11 is 16.0. The summed E-state index contributed by atoms with van der Waals surface area (Å²) in [5, 5.41) is 3.79. The molecule has 2 amide bonds. The van der Waals surface area contributed by atoms with Crippen LogP contribution in [0.1, 0.15) is 40.0 Å². The molecule has 7 heteroatoms. The maximum atomic E-state index is 13.7. The van der Waals surface area contributed by atoms with Crippen LogP contribution in [0.3, 0.4) is 0 Å². The second kappa shape index (κ2) is 10.5. The van der Waals surface area contributed by atoms with Gasteiger partial charge in [-0.25, -0.2) is 0 Å². The number of likely N-dealkylation sites (N-methyl/N-ethyl adjacent to an activating group) is 1. The molecule has 0 bridgehead atoms. The molecule has 0 aliphatic carbocycles. The predicted molar refractivity (Wildman–Crippen MR) is 135 cm³/mol. The van der Waals surface area contributed by atoms with Crippen molar-refractivity contribution in [2.75, 3.05) is 11.9 Å². The van der Waals surface area contributed by atoms with Gasteiger partial charge in [0.05, 0.1) is 5.56 Å². The summed E-state index contributed by atoms with van der Waals surface area (Å²) in [5.74, 6) is -0.637. The van der Waals surface area contributed by atoms with Crippen molar-refractivity contribution in [1.82, 2.24) is 4.90 Å². The summed E-state index contributed by atoms with van der Waals surface area (Å²) in [6, 6.07) is 16.9. The zero-order valence-corrected chi connectivity index (χ0v) is 21.1. The zero-order valence-electron chi connectivity index (χ0n) is 18.0. The lowest BCUT2D eigenvalue weighted by molar-refractivity contribution is -0.120. The smallest absolute Gasteiger partial charge is 0.255 e. The highest BCUT2D eigenvalue weighted by Gasteiger charge is 2.33. The molecule has 0 fully saturated rings. The Labute approximate surface area is 206 Å². The van der Waals surface area contributed by atoms with Crippen molar-refractivity contribution >= 4 is 56.6 Å². The summed E-state index contributed by atoms with van der Waals surface area (Å²) in [6.45, 7) is 5.98. The minimum absolute atomic E-state index is 0.285. The van der Waals surface area contributed by atoms with E-state index in [0.29, 0.717) is 32.2 Å². The molecule has 0 aliphatic rings. The van der Waals surface area contributed by atoms with Gasteiger partial charge in [-0.05, 0) is 72.1 Å². The SMILES string of the molecule is CCN(C(=O)c1ccccc1Br)C(C(=O)Nc1c(C)cccc1C)c1ccc(Cl)cc1Cl. The Morgan fingerprint density at radius 3 is 2.25 bits per heavy atom. The predicted octanol–water partition coefficient (Wildman–Crippen LogP) is 7.21. The number of hydrogen-bond donors (Lipinski definition) is 1. The van der Waals surface area contributed by atoms with E-state index in [1.54, 1.807) is 36.4 Å². The molecule has 4 nitrogen and oxygen atoms in total. The fourth-order valence-electron chi connectivity index (χ4n) is 3.61. The van der Waals surface area contributed by atoms with Crippen molar-refractivity contribution in [3.05, 3.63) is 97.4 Å². The number of aryl methyl sites for hydroxylation is 2. The van der Waals surface area contributed by atoms with Crippen molar-refractivity contribution in [2.24, 2.45) is 0 Å². The van der Waals surface area contributed by atoms with Crippen LogP contribution in [0.5, 0.6) is 0 Å². The maximum Gasteiger partial charge on any atom is 0.255 e. The molecular formula is C25H23BrCl2N2O2. The zero-order chi connectivity index (χ0) is 23.4. The van der Waals surface area contributed by atoms with Crippen molar-refractivity contribution in [3.8, 4) is 0 Å². The summed E-state index contributed by atoms with van der Waals surface area (Å²) in [5.41, 5.74) is 3.54. The van der Waals surface area contributed by atoms with Crippen molar-refractivity contribution < 1.29 is 9.59 Å². The van der Waals surface area contributed by atoms with E-state index in [1.807, 2.05) is 45.0 Å². The summed E-state index contributed by atoms with van der Waals surface area (Å²) in [4.78, 5) is 28.7. The van der Waals surface area contributed by atoms with Crippen LogP contribution in [-0.4, -0.2) is 23.3 Å². The Morgan fingerprint density at radius 1 is 1.00 bits per heavy atom. The monoisotopic (exact) mass is 532 g/mol. The largest absolute Gasteiger partial charge is 0.323 e. The Balaban J connectivity index is 2.10. The van der Waals surface area contributed by atoms with Gasteiger partial charge in [-0.2, -0.15) is 0 Å². The van der Waals surface area contributed by atoms with Crippen molar-refractivity contribution in [3.63, 3.8) is 0 Å². The normalized spacial score (nSPS) is 11.7. The highest BCUT2D eigenvalue weighted by atomic mass is 79.9. The first-order valence-electron chi connectivity index (χ1n) is 10.1. The molecule has 3 rings (SSSR count). The number of nitrogens with zero attached hydrogens (tertiary/aromatic N) is 1. The van der Waals surface area contributed by atoms with Gasteiger partial charge in [0.25, 0.3) is 11.8 Å². The highest BCUT2D eigenvalue weighted by Crippen LogP contribution is 2.33. The number of carbonyl (C=O) groups is 2. The highest BCUT2D eigenvalue weighted by molar-refractivity contribution is 9.10. The van der Waals surface area contributed by atoms with Gasteiger partial charge in [0.2, 0.25) is 0 Å². The van der Waals surface area contributed by atoms with E-state index in [-0.39, 0.29) is 11.8 Å². The van der Waals surface area contributed by atoms with E-state index >= 15 is 0 Å². The Hall–Kier alpha value is -2.34. The summed E-state index contributed by atoms with van der Waals surface area (Å²) in [7, 11) is 0. The third-order valence-electron chi connectivity index (χ3n) is 5.25. The number of hydrogen-bond acceptors (Lipinski definition) is 2. The first kappa shape index (κ1) is 24.3. The van der Waals surface area contributed by atoms with E-state index in [1.165, 1.54) is 4.90 Å². The molecule has 1 atom stereocenters. The van der Waals surface area contributed by atoms with E-state index in [4.69, 9.17) is 23.2 Å². The van der Waals surface area contributed by atoms with E-state index in [9.17, 15) is 9.59 Å². The third-order valence-corrected chi connectivity index (χ3v) is 6.51. The standard InChI is InChI=1S/C25H23BrCl2N2O2/c1-4-30(25(32)18-10-5-6-11-20(18)26)23(19-13-12-17(27)14-21(19)28)24(31)29-22-15(2)8-7-9-16(22)3/h5-14,23H,4H2,1-3H3,(H,29,31). The van der Waals surface area contributed by atoms with Crippen molar-refractivity contribution in [2.45, 2.75) is 26.8 Å². The van der Waals surface area contributed by atoms with Gasteiger partial charge in [0, 0.05) is 32.3 Å². The maximum absolute atomic E-state index is 13.7. The van der Waals surface area contributed by atoms with Crippen LogP contribution in [-0.2, 0) is 4.79 Å². The van der Waals surface area contributed by atoms with Crippen LogP contribution in [0.25, 0.3) is 0 Å². The lowest BCUT2D eigenvalue weighted by Crippen LogP contribution is -2.41. The second-order valence-electron chi connectivity index (χ2n) is 7.40. The van der Waals surface area contributed by atoms with Gasteiger partial charge < -0.3 is 10.2 Å². The quantitative estimate of drug-likeness (QED) is 0.363. The van der Waals surface area contributed by atoms with Crippen LogP contribution in [0.4, 0.5) is 5.69 Å². The number of nitrogens with one attached hydrogen (secondary N) is 1. The first-order valence-corrected chi connectivity index (χ1v) is 11.7. The molecule has 32 heavy (non-hydrogen) atoms. The van der Waals surface area contributed by atoms with E-state index < -0.39 is 6.04 Å². The second-order valence-corrected chi connectivity index (χ2v) is 9.09. The average molecular weight is 534 g/mol. The summed E-state index contributed by atoms with van der Waals surface area (Å²) in [6.07, 6.45) is 0. The molecule has 0 saturated carbocycles. The molecule has 0 heterocycles. The molecular weight excluding hydrogens is 511 g/mol. The molecule has 0 aromatic heterocycles. The van der Waals surface area contributed by atoms with E-state index in [2.05, 4.69) is 21.2 Å². The van der Waals surface area contributed by atoms with Gasteiger partial charge in [0.1, 0.15) is 6.04 Å². The number of rotatable bonds is 6. The molecule has 166 valence electrons. The van der Waals surface area contributed by atoms with Gasteiger partial charge in [-0.3, -0.25) is 9.59 Å². The van der Waals surface area contributed by atoms with Crippen LogP contribution in [0.15, 0.2) is 65.1 Å². The van der Waals surface area contributed by atoms with Crippen molar-refractivity contribution in [1.29, 1.82) is 0 Å². The topological polar surface area (TPSA) is 49.4 Å². The van der Waals surface area contributed by atoms with Gasteiger partial charge >= 0.3 is 0 Å². The van der Waals surface area contributed by atoms with Crippen LogP contribution < -0.4 is 5.32 Å². The minimum Gasteiger partial charge on any atom is -0.323 e. The minimum atomic E-state index is -0.955. The molecule has 0 spiro atoms. The molecule has 0 saturated heterocycles. The Morgan fingerprint density at radius 2 is 1.66 bits per heavy atom. The van der Waals surface area contributed by atoms with Gasteiger partial charge in [-0.15, -0.1) is 0 Å². The number of benzene rings is 3. The molecule has 0 aliphatic heterocycles. The average Bonchev–Trinajstić information content (AvgIpc) is 2.75. The number of halogens is 3. The molecule has 0 radical (unpaired) electrons. The van der Waals surface area contributed by atoms with E-state index in [0.717, 1.165) is 16.8 Å². The third kappa shape index (κ3) is 5.17. The first-order chi connectivity index (χ1) is 15.2. The Kier molecular flexibility index (Phi) is 7.99. The number of amides is 2. The fraction of sp³-hybridized carbons (Fsp3) is 0.200. The molecule has 3 aromatic carbocycles. The van der Waals surface area contributed by atoms with Crippen LogP contribution in [0, 0.1) is 13.8 Å². The lowest BCUT2D eigenvalue weighted by atomic mass is 10.0. The number of carbonyl (C=O) groups excluding carboxylic acids is 2. The Bertz CT molecular complexity index is 1150. The number of para-hydroxylation sites is 1. The fourth-order valence-corrected chi connectivity index (χ4v) is 4.58.